The molecular formula is C16H21N3OS. The first-order chi connectivity index (χ1) is 10.2. The van der Waals surface area contributed by atoms with E-state index in [4.69, 9.17) is 0 Å². The van der Waals surface area contributed by atoms with Crippen LogP contribution < -0.4 is 0 Å². The number of thiophene rings is 1. The second-order valence-electron chi connectivity index (χ2n) is 5.65. The zero-order chi connectivity index (χ0) is 14.7. The number of aryl methyl sites for hydroxylation is 2. The van der Waals surface area contributed by atoms with Crippen molar-refractivity contribution in [3.8, 4) is 0 Å². The molecule has 0 saturated carbocycles. The van der Waals surface area contributed by atoms with E-state index < -0.39 is 0 Å². The molecule has 0 spiro atoms. The summed E-state index contributed by atoms with van der Waals surface area (Å²) in [6.45, 7) is 3.74. The van der Waals surface area contributed by atoms with Gasteiger partial charge in [0, 0.05) is 31.9 Å². The third-order valence-electron chi connectivity index (χ3n) is 4.21. The standard InChI is InChI=1S/C16H21N3OS/c1-13-17-7-9-19(13)15-3-2-8-18(11-15)16(20)5-4-14-6-10-21-12-14/h6-7,9-10,12,15H,2-5,8,11H2,1H3/t15-/m1/s1. The minimum absolute atomic E-state index is 0.281. The highest BCUT2D eigenvalue weighted by Gasteiger charge is 2.25. The molecule has 1 amide bonds. The fourth-order valence-corrected chi connectivity index (χ4v) is 3.73. The molecule has 112 valence electrons. The van der Waals surface area contributed by atoms with Gasteiger partial charge in [0.25, 0.3) is 0 Å². The van der Waals surface area contributed by atoms with Crippen molar-refractivity contribution in [1.29, 1.82) is 0 Å². The van der Waals surface area contributed by atoms with E-state index in [0.717, 1.165) is 38.2 Å². The Morgan fingerprint density at radius 2 is 2.43 bits per heavy atom. The minimum Gasteiger partial charge on any atom is -0.341 e. The van der Waals surface area contributed by atoms with Gasteiger partial charge in [-0.1, -0.05) is 0 Å². The Bertz CT molecular complexity index is 590. The maximum atomic E-state index is 12.4. The molecule has 0 bridgehead atoms. The van der Waals surface area contributed by atoms with Crippen LogP contribution in [0.1, 0.15) is 36.7 Å². The Balaban J connectivity index is 1.58. The average molecular weight is 303 g/mol. The summed E-state index contributed by atoms with van der Waals surface area (Å²) in [5, 5.41) is 4.19. The van der Waals surface area contributed by atoms with Crippen LogP contribution in [0.2, 0.25) is 0 Å². The molecule has 1 fully saturated rings. The van der Waals surface area contributed by atoms with Crippen LogP contribution in [0.25, 0.3) is 0 Å². The Kier molecular flexibility index (Phi) is 4.39. The van der Waals surface area contributed by atoms with Crippen LogP contribution in [0, 0.1) is 6.92 Å². The monoisotopic (exact) mass is 303 g/mol. The van der Waals surface area contributed by atoms with Gasteiger partial charge in [-0.2, -0.15) is 11.3 Å². The van der Waals surface area contributed by atoms with E-state index in [1.807, 2.05) is 24.2 Å². The van der Waals surface area contributed by atoms with Crippen molar-refractivity contribution in [2.45, 2.75) is 38.6 Å². The minimum atomic E-state index is 0.281. The van der Waals surface area contributed by atoms with Gasteiger partial charge in [-0.05, 0) is 48.6 Å². The molecule has 1 aliphatic heterocycles. The Morgan fingerprint density at radius 1 is 1.52 bits per heavy atom. The molecular weight excluding hydrogens is 282 g/mol. The summed E-state index contributed by atoms with van der Waals surface area (Å²) in [7, 11) is 0. The van der Waals surface area contributed by atoms with Gasteiger partial charge in [0.05, 0.1) is 6.04 Å². The van der Waals surface area contributed by atoms with E-state index >= 15 is 0 Å². The molecule has 0 radical (unpaired) electrons. The van der Waals surface area contributed by atoms with E-state index in [1.165, 1.54) is 5.56 Å². The summed E-state index contributed by atoms with van der Waals surface area (Å²) in [6, 6.07) is 2.48. The van der Waals surface area contributed by atoms with E-state index in [0.29, 0.717) is 12.5 Å². The van der Waals surface area contributed by atoms with Gasteiger partial charge in [-0.15, -0.1) is 0 Å². The lowest BCUT2D eigenvalue weighted by Gasteiger charge is -2.34. The van der Waals surface area contributed by atoms with Crippen molar-refractivity contribution in [3.63, 3.8) is 0 Å². The molecule has 3 heterocycles. The molecule has 4 nitrogen and oxygen atoms in total. The van der Waals surface area contributed by atoms with Crippen LogP contribution in [-0.2, 0) is 11.2 Å². The molecule has 1 saturated heterocycles. The number of rotatable bonds is 4. The van der Waals surface area contributed by atoms with Crippen molar-refractivity contribution < 1.29 is 4.79 Å². The molecule has 0 aliphatic carbocycles. The molecule has 1 aliphatic rings. The number of likely N-dealkylation sites (tertiary alicyclic amines) is 1. The molecule has 21 heavy (non-hydrogen) atoms. The van der Waals surface area contributed by atoms with E-state index in [-0.39, 0.29) is 5.91 Å². The lowest BCUT2D eigenvalue weighted by Crippen LogP contribution is -2.40. The molecule has 2 aromatic heterocycles. The quantitative estimate of drug-likeness (QED) is 0.870. The highest BCUT2D eigenvalue weighted by atomic mass is 32.1. The van der Waals surface area contributed by atoms with E-state index in [9.17, 15) is 4.79 Å². The summed E-state index contributed by atoms with van der Waals surface area (Å²) >= 11 is 1.69. The number of nitrogens with zero attached hydrogens (tertiary/aromatic N) is 3. The number of carbonyl (C=O) groups is 1. The van der Waals surface area contributed by atoms with Gasteiger partial charge in [0.2, 0.25) is 5.91 Å². The lowest BCUT2D eigenvalue weighted by atomic mass is 10.0. The van der Waals surface area contributed by atoms with Crippen molar-refractivity contribution >= 4 is 17.2 Å². The van der Waals surface area contributed by atoms with Crippen LogP contribution in [0.5, 0.6) is 0 Å². The van der Waals surface area contributed by atoms with Crippen molar-refractivity contribution in [2.24, 2.45) is 0 Å². The second-order valence-corrected chi connectivity index (χ2v) is 6.43. The van der Waals surface area contributed by atoms with Gasteiger partial charge >= 0.3 is 0 Å². The van der Waals surface area contributed by atoms with E-state index in [2.05, 4.69) is 26.4 Å². The Hall–Kier alpha value is -1.62. The number of amides is 1. The highest BCUT2D eigenvalue weighted by molar-refractivity contribution is 7.07. The number of piperidine rings is 1. The van der Waals surface area contributed by atoms with Crippen LogP contribution in [0.15, 0.2) is 29.2 Å². The van der Waals surface area contributed by atoms with Crippen LogP contribution >= 0.6 is 11.3 Å². The molecule has 1 atom stereocenters. The number of aromatic nitrogens is 2. The number of carbonyl (C=O) groups excluding carboxylic acids is 1. The maximum absolute atomic E-state index is 12.4. The third kappa shape index (κ3) is 3.35. The second kappa shape index (κ2) is 6.43. The first-order valence-corrected chi connectivity index (χ1v) is 8.46. The highest BCUT2D eigenvalue weighted by Crippen LogP contribution is 2.23. The largest absolute Gasteiger partial charge is 0.341 e. The van der Waals surface area contributed by atoms with Crippen molar-refractivity contribution in [1.82, 2.24) is 14.5 Å². The molecule has 5 heteroatoms. The number of hydrogen-bond donors (Lipinski definition) is 0. The SMILES string of the molecule is Cc1nccn1[C@@H]1CCCN(C(=O)CCc2ccsc2)C1. The summed E-state index contributed by atoms with van der Waals surface area (Å²) in [4.78, 5) is 18.7. The van der Waals surface area contributed by atoms with Crippen molar-refractivity contribution in [2.75, 3.05) is 13.1 Å². The number of imidazole rings is 1. The zero-order valence-electron chi connectivity index (χ0n) is 12.4. The van der Waals surface area contributed by atoms with Crippen molar-refractivity contribution in [3.05, 3.63) is 40.6 Å². The first-order valence-electron chi connectivity index (χ1n) is 7.52. The molecule has 3 rings (SSSR count). The summed E-state index contributed by atoms with van der Waals surface area (Å²) in [6.07, 6.45) is 7.55. The van der Waals surface area contributed by atoms with Gasteiger partial charge in [0.1, 0.15) is 5.82 Å². The average Bonchev–Trinajstić information content (AvgIpc) is 3.16. The fourth-order valence-electron chi connectivity index (χ4n) is 3.03. The van der Waals surface area contributed by atoms with Gasteiger partial charge in [0.15, 0.2) is 0 Å². The fraction of sp³-hybridized carbons (Fsp3) is 0.500. The predicted molar refractivity (Wildman–Crippen MR) is 84.5 cm³/mol. The normalized spacial score (nSPS) is 18.9. The molecule has 0 aromatic carbocycles. The van der Waals surface area contributed by atoms with E-state index in [1.54, 1.807) is 11.3 Å². The summed E-state index contributed by atoms with van der Waals surface area (Å²) in [5.74, 6) is 1.32. The van der Waals surface area contributed by atoms with Crippen LogP contribution in [-0.4, -0.2) is 33.4 Å². The Morgan fingerprint density at radius 3 is 3.14 bits per heavy atom. The maximum Gasteiger partial charge on any atom is 0.222 e. The van der Waals surface area contributed by atoms with Gasteiger partial charge in [-0.3, -0.25) is 4.79 Å². The predicted octanol–water partition coefficient (Wildman–Crippen LogP) is 3.05. The lowest BCUT2D eigenvalue weighted by molar-refractivity contribution is -0.132. The third-order valence-corrected chi connectivity index (χ3v) is 4.94. The van der Waals surface area contributed by atoms with Crippen LogP contribution in [0.4, 0.5) is 0 Å². The van der Waals surface area contributed by atoms with Gasteiger partial charge in [-0.25, -0.2) is 4.98 Å². The van der Waals surface area contributed by atoms with Gasteiger partial charge < -0.3 is 9.47 Å². The molecule has 0 N–H and O–H groups in total. The first kappa shape index (κ1) is 14.3. The Labute approximate surface area is 129 Å². The topological polar surface area (TPSA) is 38.1 Å². The summed E-state index contributed by atoms with van der Waals surface area (Å²) in [5.41, 5.74) is 1.27. The summed E-state index contributed by atoms with van der Waals surface area (Å²) < 4.78 is 2.21. The number of hydrogen-bond acceptors (Lipinski definition) is 3. The zero-order valence-corrected chi connectivity index (χ0v) is 13.2. The van der Waals surface area contributed by atoms with Crippen LogP contribution in [0.3, 0.4) is 0 Å². The smallest absolute Gasteiger partial charge is 0.222 e. The molecule has 0 unspecified atom stereocenters. The molecule has 2 aromatic rings.